The molecule has 1 saturated carbocycles. The number of anilines is 1. The van der Waals surface area contributed by atoms with Crippen LogP contribution in [0.15, 0.2) is 36.4 Å². The molecule has 2 amide bonds. The van der Waals surface area contributed by atoms with Gasteiger partial charge in [0.15, 0.2) is 11.5 Å². The maximum absolute atomic E-state index is 12.8. The fourth-order valence-corrected chi connectivity index (χ4v) is 2.78. The molecule has 3 rings (SSSR count). The molecule has 1 aliphatic carbocycles. The van der Waals surface area contributed by atoms with Crippen molar-refractivity contribution in [3.8, 4) is 11.5 Å². The molecule has 9 nitrogen and oxygen atoms in total. The van der Waals surface area contributed by atoms with Gasteiger partial charge in [0.1, 0.15) is 5.56 Å². The van der Waals surface area contributed by atoms with Crippen molar-refractivity contribution < 1.29 is 24.0 Å². The molecule has 0 atom stereocenters. The van der Waals surface area contributed by atoms with E-state index in [0.29, 0.717) is 0 Å². The van der Waals surface area contributed by atoms with Gasteiger partial charge in [-0.15, -0.1) is 0 Å². The van der Waals surface area contributed by atoms with Crippen molar-refractivity contribution in [2.24, 2.45) is 0 Å². The van der Waals surface area contributed by atoms with E-state index in [-0.39, 0.29) is 46.9 Å². The van der Waals surface area contributed by atoms with Gasteiger partial charge in [-0.3, -0.25) is 19.7 Å². The zero-order valence-corrected chi connectivity index (χ0v) is 16.1. The number of ether oxygens (including phenoxy) is 2. The summed E-state index contributed by atoms with van der Waals surface area (Å²) in [6.45, 7) is 2.01. The minimum absolute atomic E-state index is 0.155. The highest BCUT2D eigenvalue weighted by molar-refractivity contribution is 6.11. The minimum atomic E-state index is -0.732. The molecular formula is C20H21N3O6. The van der Waals surface area contributed by atoms with Crippen molar-refractivity contribution in [2.45, 2.75) is 25.8 Å². The minimum Gasteiger partial charge on any atom is -0.493 e. The van der Waals surface area contributed by atoms with Crippen LogP contribution in [0, 0.1) is 10.1 Å². The fourth-order valence-electron chi connectivity index (χ4n) is 2.78. The van der Waals surface area contributed by atoms with Gasteiger partial charge in [-0.25, -0.2) is 0 Å². The number of methoxy groups -OCH3 is 1. The van der Waals surface area contributed by atoms with E-state index in [2.05, 4.69) is 10.6 Å². The Bertz CT molecular complexity index is 955. The lowest BCUT2D eigenvalue weighted by Gasteiger charge is -2.13. The van der Waals surface area contributed by atoms with E-state index in [9.17, 15) is 19.7 Å². The molecule has 0 saturated heterocycles. The average Bonchev–Trinajstić information content (AvgIpc) is 3.52. The van der Waals surface area contributed by atoms with Gasteiger partial charge in [0, 0.05) is 12.1 Å². The van der Waals surface area contributed by atoms with Crippen LogP contribution in [0.4, 0.5) is 11.4 Å². The van der Waals surface area contributed by atoms with Gasteiger partial charge in [0.05, 0.1) is 36.0 Å². The largest absolute Gasteiger partial charge is 0.493 e. The van der Waals surface area contributed by atoms with Crippen LogP contribution in [0.2, 0.25) is 0 Å². The second-order valence-electron chi connectivity index (χ2n) is 6.46. The molecule has 2 aromatic carbocycles. The topological polar surface area (TPSA) is 120 Å². The van der Waals surface area contributed by atoms with E-state index in [1.807, 2.05) is 0 Å². The Balaban J connectivity index is 1.93. The van der Waals surface area contributed by atoms with Crippen LogP contribution in [-0.4, -0.2) is 36.5 Å². The quantitative estimate of drug-likeness (QED) is 0.520. The van der Waals surface area contributed by atoms with E-state index in [1.165, 1.54) is 13.2 Å². The first kappa shape index (κ1) is 20.1. The summed E-state index contributed by atoms with van der Waals surface area (Å²) in [4.78, 5) is 36.1. The molecule has 29 heavy (non-hydrogen) atoms. The molecule has 1 fully saturated rings. The molecule has 0 heterocycles. The molecule has 0 aliphatic heterocycles. The van der Waals surface area contributed by atoms with Gasteiger partial charge >= 0.3 is 0 Å². The second-order valence-corrected chi connectivity index (χ2v) is 6.46. The summed E-state index contributed by atoms with van der Waals surface area (Å²) in [6.07, 6.45) is 1.86. The summed E-state index contributed by atoms with van der Waals surface area (Å²) >= 11 is 0. The average molecular weight is 399 g/mol. The van der Waals surface area contributed by atoms with Crippen molar-refractivity contribution in [3.63, 3.8) is 0 Å². The summed E-state index contributed by atoms with van der Waals surface area (Å²) in [5.41, 5.74) is -0.0783. The lowest BCUT2D eigenvalue weighted by atomic mass is 10.1. The molecular weight excluding hydrogens is 378 g/mol. The van der Waals surface area contributed by atoms with Crippen molar-refractivity contribution in [3.05, 3.63) is 57.6 Å². The molecule has 2 N–H and O–H groups in total. The van der Waals surface area contributed by atoms with Gasteiger partial charge in [0.25, 0.3) is 17.5 Å². The van der Waals surface area contributed by atoms with Crippen LogP contribution in [0.5, 0.6) is 11.5 Å². The van der Waals surface area contributed by atoms with E-state index >= 15 is 0 Å². The Morgan fingerprint density at radius 2 is 1.86 bits per heavy atom. The standard InChI is InChI=1S/C20H21N3O6/c1-3-29-18-11-16(23(26)27)14(10-17(18)28-2)20(25)22-15-7-5-4-6-13(15)19(24)21-12-8-9-12/h4-7,10-12H,3,8-9H2,1-2H3,(H,21,24)(H,22,25). The molecule has 0 radical (unpaired) electrons. The third kappa shape index (κ3) is 4.63. The van der Waals surface area contributed by atoms with Crippen LogP contribution in [-0.2, 0) is 0 Å². The number of para-hydroxylation sites is 1. The maximum Gasteiger partial charge on any atom is 0.286 e. The first-order valence-corrected chi connectivity index (χ1v) is 9.15. The third-order valence-electron chi connectivity index (χ3n) is 4.36. The van der Waals surface area contributed by atoms with Gasteiger partial charge in [-0.05, 0) is 31.9 Å². The van der Waals surface area contributed by atoms with Crippen molar-refractivity contribution in [1.82, 2.24) is 5.32 Å². The maximum atomic E-state index is 12.8. The summed E-state index contributed by atoms with van der Waals surface area (Å²) < 4.78 is 10.5. The number of nitrogens with one attached hydrogen (secondary N) is 2. The number of carbonyl (C=O) groups excluding carboxylic acids is 2. The molecule has 0 spiro atoms. The van der Waals surface area contributed by atoms with Crippen LogP contribution < -0.4 is 20.1 Å². The molecule has 2 aromatic rings. The lowest BCUT2D eigenvalue weighted by molar-refractivity contribution is -0.385. The van der Waals surface area contributed by atoms with Crippen LogP contribution >= 0.6 is 0 Å². The highest BCUT2D eigenvalue weighted by atomic mass is 16.6. The van der Waals surface area contributed by atoms with Gasteiger partial charge in [0.2, 0.25) is 0 Å². The van der Waals surface area contributed by atoms with Gasteiger partial charge in [-0.1, -0.05) is 12.1 Å². The number of nitro groups is 1. The summed E-state index contributed by atoms with van der Waals surface area (Å²) in [7, 11) is 1.38. The van der Waals surface area contributed by atoms with Gasteiger partial charge in [-0.2, -0.15) is 0 Å². The molecule has 0 unspecified atom stereocenters. The monoisotopic (exact) mass is 399 g/mol. The Morgan fingerprint density at radius 3 is 2.48 bits per heavy atom. The number of nitrogens with zero attached hydrogens (tertiary/aromatic N) is 1. The van der Waals surface area contributed by atoms with E-state index < -0.39 is 16.5 Å². The molecule has 1 aliphatic rings. The predicted octanol–water partition coefficient (Wildman–Crippen LogP) is 3.15. The van der Waals surface area contributed by atoms with Crippen molar-refractivity contribution in [2.75, 3.05) is 19.0 Å². The highest BCUT2D eigenvalue weighted by Gasteiger charge is 2.27. The van der Waals surface area contributed by atoms with Crippen molar-refractivity contribution >= 4 is 23.2 Å². The molecule has 0 aromatic heterocycles. The Hall–Kier alpha value is -3.62. The van der Waals surface area contributed by atoms with E-state index in [1.54, 1.807) is 31.2 Å². The highest BCUT2D eigenvalue weighted by Crippen LogP contribution is 2.35. The van der Waals surface area contributed by atoms with E-state index in [4.69, 9.17) is 9.47 Å². The van der Waals surface area contributed by atoms with Crippen molar-refractivity contribution in [1.29, 1.82) is 0 Å². The molecule has 9 heteroatoms. The Labute approximate surface area is 167 Å². The lowest BCUT2D eigenvalue weighted by Crippen LogP contribution is -2.27. The predicted molar refractivity (Wildman–Crippen MR) is 106 cm³/mol. The summed E-state index contributed by atoms with van der Waals surface area (Å²) in [5.74, 6) is -0.670. The summed E-state index contributed by atoms with van der Waals surface area (Å²) in [5, 5.41) is 17.0. The normalized spacial score (nSPS) is 12.8. The number of nitro benzene ring substituents is 1. The number of hydrogen-bond acceptors (Lipinski definition) is 6. The van der Waals surface area contributed by atoms with Crippen LogP contribution in [0.25, 0.3) is 0 Å². The second kappa shape index (κ2) is 8.59. The SMILES string of the molecule is CCOc1cc([N+](=O)[O-])c(C(=O)Nc2ccccc2C(=O)NC2CC2)cc1OC. The molecule has 152 valence electrons. The number of amides is 2. The molecule has 0 bridgehead atoms. The van der Waals surface area contributed by atoms with Crippen LogP contribution in [0.3, 0.4) is 0 Å². The number of benzene rings is 2. The van der Waals surface area contributed by atoms with E-state index in [0.717, 1.165) is 18.9 Å². The third-order valence-corrected chi connectivity index (χ3v) is 4.36. The zero-order valence-electron chi connectivity index (χ0n) is 16.1. The number of carbonyl (C=O) groups is 2. The smallest absolute Gasteiger partial charge is 0.286 e. The Morgan fingerprint density at radius 1 is 1.14 bits per heavy atom. The van der Waals surface area contributed by atoms with Gasteiger partial charge < -0.3 is 20.1 Å². The van der Waals surface area contributed by atoms with Crippen LogP contribution in [0.1, 0.15) is 40.5 Å². The Kier molecular flexibility index (Phi) is 5.96. The number of hydrogen-bond donors (Lipinski definition) is 2. The first-order valence-electron chi connectivity index (χ1n) is 9.15. The fraction of sp³-hybridized carbons (Fsp3) is 0.300. The summed E-state index contributed by atoms with van der Waals surface area (Å²) in [6, 6.07) is 9.06. The zero-order chi connectivity index (χ0) is 21.0. The number of rotatable bonds is 8. The first-order chi connectivity index (χ1) is 13.9.